The Balaban J connectivity index is 0.000000280. The summed E-state index contributed by atoms with van der Waals surface area (Å²) in [6.07, 6.45) is 3.67. The lowest BCUT2D eigenvalue weighted by Crippen LogP contribution is -1.96. The van der Waals surface area contributed by atoms with E-state index in [0.29, 0.717) is 24.0 Å². The van der Waals surface area contributed by atoms with Crippen molar-refractivity contribution in [3.63, 3.8) is 0 Å². The highest BCUT2D eigenvalue weighted by Gasteiger charge is 2.16. The van der Waals surface area contributed by atoms with Gasteiger partial charge in [0.1, 0.15) is 34.1 Å². The molecule has 2 aromatic carbocycles. The second kappa shape index (κ2) is 10.2. The van der Waals surface area contributed by atoms with E-state index in [4.69, 9.17) is 0 Å². The molecular weight excluding hydrogens is 360 g/mol. The van der Waals surface area contributed by atoms with Gasteiger partial charge in [-0.2, -0.15) is 0 Å². The third-order valence-electron chi connectivity index (χ3n) is 4.07. The number of phenolic OH excluding ortho intramolecular Hbond substituents is 4. The van der Waals surface area contributed by atoms with Gasteiger partial charge in [0.15, 0.2) is 11.6 Å². The van der Waals surface area contributed by atoms with Crippen LogP contribution in [0.15, 0.2) is 36.9 Å². The Morgan fingerprint density at radius 2 is 1.29 bits per heavy atom. The molecule has 28 heavy (non-hydrogen) atoms. The predicted molar refractivity (Wildman–Crippen MR) is 107 cm³/mol. The fourth-order valence-electron chi connectivity index (χ4n) is 2.73. The van der Waals surface area contributed by atoms with Gasteiger partial charge in [0.2, 0.25) is 0 Å². The molecule has 150 valence electrons. The minimum absolute atomic E-state index is 0.0237. The van der Waals surface area contributed by atoms with Gasteiger partial charge in [0.05, 0.1) is 0 Å². The summed E-state index contributed by atoms with van der Waals surface area (Å²) in [6.45, 7) is 8.14. The smallest absolute Gasteiger partial charge is 0.167 e. The Hall–Kier alpha value is -3.28. The average molecular weight is 386 g/mol. The molecule has 6 heteroatoms. The molecule has 0 bridgehead atoms. The van der Waals surface area contributed by atoms with Gasteiger partial charge in [-0.05, 0) is 49.9 Å². The lowest BCUT2D eigenvalue weighted by atomic mass is 10.0. The van der Waals surface area contributed by atoms with Crippen LogP contribution >= 0.6 is 0 Å². The number of phenols is 4. The summed E-state index contributed by atoms with van der Waals surface area (Å²) in [7, 11) is 0. The number of carbonyl (C=O) groups excluding carboxylic acids is 2. The van der Waals surface area contributed by atoms with E-state index in [0.717, 1.165) is 6.42 Å². The molecule has 4 N–H and O–H groups in total. The zero-order chi connectivity index (χ0) is 21.4. The molecule has 0 aliphatic carbocycles. The van der Waals surface area contributed by atoms with Crippen molar-refractivity contribution < 1.29 is 30.0 Å². The third-order valence-corrected chi connectivity index (χ3v) is 4.07. The molecule has 2 aromatic rings. The van der Waals surface area contributed by atoms with Crippen LogP contribution in [-0.4, -0.2) is 32.0 Å². The maximum atomic E-state index is 11.1. The zero-order valence-electron chi connectivity index (χ0n) is 16.3. The van der Waals surface area contributed by atoms with Crippen LogP contribution in [0.5, 0.6) is 23.0 Å². The molecule has 0 fully saturated rings. The van der Waals surface area contributed by atoms with Crippen molar-refractivity contribution in [3.8, 4) is 23.0 Å². The van der Waals surface area contributed by atoms with Crippen LogP contribution in [0.2, 0.25) is 0 Å². The number of rotatable bonds is 6. The summed E-state index contributed by atoms with van der Waals surface area (Å²) in [5, 5.41) is 38.1. The fraction of sp³-hybridized carbons (Fsp3) is 0.273. The summed E-state index contributed by atoms with van der Waals surface area (Å²) in [4.78, 5) is 22.2. The van der Waals surface area contributed by atoms with Gasteiger partial charge in [0, 0.05) is 0 Å². The number of benzene rings is 2. The van der Waals surface area contributed by atoms with Crippen LogP contribution in [0.1, 0.15) is 59.0 Å². The molecule has 0 aromatic heterocycles. The Labute approximate surface area is 164 Å². The van der Waals surface area contributed by atoms with Crippen LogP contribution < -0.4 is 0 Å². The van der Waals surface area contributed by atoms with Crippen molar-refractivity contribution in [1.29, 1.82) is 0 Å². The summed E-state index contributed by atoms with van der Waals surface area (Å²) in [5.74, 6) is -1.27. The number of hydrogen-bond donors (Lipinski definition) is 4. The number of aromatic hydroxyl groups is 4. The van der Waals surface area contributed by atoms with Crippen LogP contribution in [-0.2, 0) is 12.8 Å². The summed E-state index contributed by atoms with van der Waals surface area (Å²) < 4.78 is 0. The molecule has 0 aliphatic heterocycles. The number of carbonyl (C=O) groups is 2. The first-order valence-electron chi connectivity index (χ1n) is 8.85. The molecule has 0 heterocycles. The van der Waals surface area contributed by atoms with Gasteiger partial charge in [-0.15, -0.1) is 6.58 Å². The average Bonchev–Trinajstić information content (AvgIpc) is 2.60. The second-order valence-electron chi connectivity index (χ2n) is 6.29. The summed E-state index contributed by atoms with van der Waals surface area (Å²) in [5.41, 5.74) is 1.29. The summed E-state index contributed by atoms with van der Waals surface area (Å²) >= 11 is 0. The molecule has 6 nitrogen and oxygen atoms in total. The van der Waals surface area contributed by atoms with Crippen molar-refractivity contribution in [3.05, 3.63) is 59.2 Å². The highest BCUT2D eigenvalue weighted by atomic mass is 16.3. The van der Waals surface area contributed by atoms with E-state index in [-0.39, 0.29) is 45.7 Å². The van der Waals surface area contributed by atoms with Gasteiger partial charge < -0.3 is 20.4 Å². The van der Waals surface area contributed by atoms with Crippen LogP contribution in [0.4, 0.5) is 0 Å². The van der Waals surface area contributed by atoms with E-state index in [1.807, 2.05) is 6.92 Å². The molecule has 0 saturated heterocycles. The molecule has 0 aliphatic rings. The number of ketones is 2. The summed E-state index contributed by atoms with van der Waals surface area (Å²) in [6, 6.07) is 6.05. The van der Waals surface area contributed by atoms with Crippen molar-refractivity contribution in [1.82, 2.24) is 0 Å². The Kier molecular flexibility index (Phi) is 8.26. The SMILES string of the molecule is C=CCc1ccc(O)c(C(C)=O)c1O.CCCc1ccc(O)c(C(C)=O)c1O. The normalized spacial score (nSPS) is 9.96. The molecule has 0 atom stereocenters. The number of hydrogen-bond acceptors (Lipinski definition) is 6. The Morgan fingerprint density at radius 3 is 1.68 bits per heavy atom. The minimum Gasteiger partial charge on any atom is -0.507 e. The maximum absolute atomic E-state index is 11.1. The first-order valence-corrected chi connectivity index (χ1v) is 8.85. The van der Waals surface area contributed by atoms with E-state index in [2.05, 4.69) is 6.58 Å². The fourth-order valence-corrected chi connectivity index (χ4v) is 2.73. The van der Waals surface area contributed by atoms with E-state index >= 15 is 0 Å². The van der Waals surface area contributed by atoms with E-state index < -0.39 is 0 Å². The molecular formula is C22H26O6. The minimum atomic E-state index is -0.356. The standard InChI is InChI=1S/C11H14O3.C11H12O3/c2*1-3-4-8-5-6-9(13)10(7(2)12)11(8)14/h5-6,13-14H,3-4H2,1-2H3;3,5-6,13-14H,1,4H2,2H3. The van der Waals surface area contributed by atoms with Crippen molar-refractivity contribution in [2.75, 3.05) is 0 Å². The van der Waals surface area contributed by atoms with Gasteiger partial charge >= 0.3 is 0 Å². The van der Waals surface area contributed by atoms with E-state index in [9.17, 15) is 30.0 Å². The predicted octanol–water partition coefficient (Wildman–Crippen LogP) is 4.28. The van der Waals surface area contributed by atoms with Gasteiger partial charge in [-0.3, -0.25) is 9.59 Å². The van der Waals surface area contributed by atoms with Crippen LogP contribution in [0.3, 0.4) is 0 Å². The molecule has 2 rings (SSSR count). The van der Waals surface area contributed by atoms with Gasteiger partial charge in [-0.25, -0.2) is 0 Å². The van der Waals surface area contributed by atoms with E-state index in [1.165, 1.54) is 26.0 Å². The first-order chi connectivity index (χ1) is 13.1. The molecule has 0 amide bonds. The third kappa shape index (κ3) is 5.36. The zero-order valence-corrected chi connectivity index (χ0v) is 16.3. The van der Waals surface area contributed by atoms with Gasteiger partial charge in [0.25, 0.3) is 0 Å². The second-order valence-corrected chi connectivity index (χ2v) is 6.29. The lowest BCUT2D eigenvalue weighted by Gasteiger charge is -2.08. The van der Waals surface area contributed by atoms with Crippen molar-refractivity contribution >= 4 is 11.6 Å². The highest BCUT2D eigenvalue weighted by Crippen LogP contribution is 2.32. The Bertz CT molecular complexity index is 883. The van der Waals surface area contributed by atoms with Gasteiger partial charge in [-0.1, -0.05) is 31.6 Å². The molecule has 0 unspecified atom stereocenters. The monoisotopic (exact) mass is 386 g/mol. The maximum Gasteiger partial charge on any atom is 0.167 e. The number of Topliss-reactive ketones (excluding diaryl/α,β-unsaturated/α-hetero) is 2. The van der Waals surface area contributed by atoms with Crippen molar-refractivity contribution in [2.45, 2.75) is 40.0 Å². The molecule has 0 spiro atoms. The molecule has 0 saturated carbocycles. The quantitative estimate of drug-likeness (QED) is 0.435. The number of allylic oxidation sites excluding steroid dienone is 1. The topological polar surface area (TPSA) is 115 Å². The van der Waals surface area contributed by atoms with Crippen molar-refractivity contribution in [2.24, 2.45) is 0 Å². The van der Waals surface area contributed by atoms with Crippen LogP contribution in [0, 0.1) is 0 Å². The largest absolute Gasteiger partial charge is 0.507 e. The number of aryl methyl sites for hydroxylation is 1. The highest BCUT2D eigenvalue weighted by molar-refractivity contribution is 6.00. The molecule has 0 radical (unpaired) electrons. The van der Waals surface area contributed by atoms with Crippen LogP contribution in [0.25, 0.3) is 0 Å². The lowest BCUT2D eigenvalue weighted by molar-refractivity contribution is 0.0998. The van der Waals surface area contributed by atoms with E-state index in [1.54, 1.807) is 18.2 Å². The first kappa shape index (κ1) is 22.8. The Morgan fingerprint density at radius 1 is 0.857 bits per heavy atom.